The van der Waals surface area contributed by atoms with Crippen molar-refractivity contribution < 1.29 is 27.7 Å². The fraction of sp³-hybridized carbons (Fsp3) is 0.486. The molecule has 9 heteroatoms. The molecular weight excluding hydrogens is 578 g/mol. The summed E-state index contributed by atoms with van der Waals surface area (Å²) in [5.74, 6) is 0.312. The van der Waals surface area contributed by atoms with E-state index >= 15 is 4.39 Å². The van der Waals surface area contributed by atoms with Gasteiger partial charge in [-0.3, -0.25) is 9.46 Å². The minimum Gasteiger partial charge on any atom is -0.481 e. The summed E-state index contributed by atoms with van der Waals surface area (Å²) in [6.07, 6.45) is 3.79. The number of aromatic nitrogens is 1. The standard InChI is InChI=1S/C35H46FN2O5P/c1-9-42-44(8,40)21-32(25-13-14-25)26-11-10-12-28(16-26)43-35(39)29-17-27(20-38(22(2)3)23(4)5)30(15-24(29)6)31-18-34(41-7)37-19-33(31)36/h10-12,15-19,22-23,25,32H,9,13-14,20-21H2,1-8H3. The van der Waals surface area contributed by atoms with Gasteiger partial charge in [-0.1, -0.05) is 18.2 Å². The molecule has 0 bridgehead atoms. The zero-order valence-corrected chi connectivity index (χ0v) is 28.1. The first-order valence-corrected chi connectivity index (χ1v) is 17.7. The van der Waals surface area contributed by atoms with E-state index in [9.17, 15) is 9.36 Å². The first kappa shape index (κ1) is 33.8. The van der Waals surface area contributed by atoms with E-state index < -0.39 is 19.2 Å². The van der Waals surface area contributed by atoms with Crippen LogP contribution in [0.4, 0.5) is 4.39 Å². The van der Waals surface area contributed by atoms with Gasteiger partial charge in [0.2, 0.25) is 13.2 Å². The second kappa shape index (κ2) is 14.4. The minimum absolute atomic E-state index is 0.0777. The molecule has 0 N–H and O–H groups in total. The van der Waals surface area contributed by atoms with E-state index in [1.807, 2.05) is 44.2 Å². The van der Waals surface area contributed by atoms with Gasteiger partial charge in [-0.25, -0.2) is 14.2 Å². The highest BCUT2D eigenvalue weighted by Gasteiger charge is 2.36. The van der Waals surface area contributed by atoms with Crippen molar-refractivity contribution in [3.63, 3.8) is 0 Å². The average Bonchev–Trinajstić information content (AvgIpc) is 3.80. The number of rotatable bonds is 14. The summed E-state index contributed by atoms with van der Waals surface area (Å²) in [6, 6.07) is 13.2. The monoisotopic (exact) mass is 624 g/mol. The molecule has 2 unspecified atom stereocenters. The van der Waals surface area contributed by atoms with Crippen LogP contribution >= 0.6 is 7.37 Å². The number of nitrogens with zero attached hydrogens (tertiary/aromatic N) is 2. The number of hydrogen-bond donors (Lipinski definition) is 0. The maximum Gasteiger partial charge on any atom is 0.343 e. The van der Waals surface area contributed by atoms with Crippen LogP contribution in [0.25, 0.3) is 11.1 Å². The molecule has 0 amide bonds. The molecule has 44 heavy (non-hydrogen) atoms. The Kier molecular flexibility index (Phi) is 11.0. The highest BCUT2D eigenvalue weighted by molar-refractivity contribution is 7.58. The summed E-state index contributed by atoms with van der Waals surface area (Å²) in [7, 11) is -1.25. The zero-order chi connectivity index (χ0) is 32.2. The summed E-state index contributed by atoms with van der Waals surface area (Å²) in [6.45, 7) is 14.8. The summed E-state index contributed by atoms with van der Waals surface area (Å²) in [4.78, 5) is 20.0. The van der Waals surface area contributed by atoms with E-state index in [1.54, 1.807) is 18.8 Å². The van der Waals surface area contributed by atoms with Crippen LogP contribution in [0.2, 0.25) is 0 Å². The summed E-state index contributed by atoms with van der Waals surface area (Å²) in [5, 5.41) is 0. The van der Waals surface area contributed by atoms with Gasteiger partial charge in [0.15, 0.2) is 0 Å². The van der Waals surface area contributed by atoms with Crippen molar-refractivity contribution in [2.24, 2.45) is 5.92 Å². The largest absolute Gasteiger partial charge is 0.481 e. The molecule has 1 aliphatic carbocycles. The Morgan fingerprint density at radius 2 is 1.80 bits per heavy atom. The Balaban J connectivity index is 1.69. The second-order valence-electron chi connectivity index (χ2n) is 12.4. The smallest absolute Gasteiger partial charge is 0.343 e. The van der Waals surface area contributed by atoms with E-state index in [4.69, 9.17) is 14.0 Å². The lowest BCUT2D eigenvalue weighted by Crippen LogP contribution is -2.36. The van der Waals surface area contributed by atoms with Crippen LogP contribution in [-0.4, -0.2) is 54.5 Å². The minimum atomic E-state index is -2.75. The van der Waals surface area contributed by atoms with Gasteiger partial charge in [0.1, 0.15) is 11.6 Å². The third kappa shape index (κ3) is 8.35. The molecule has 0 spiro atoms. The normalized spacial score (nSPS) is 15.5. The van der Waals surface area contributed by atoms with Crippen molar-refractivity contribution in [2.75, 3.05) is 26.5 Å². The Labute approximate surface area is 261 Å². The molecule has 0 radical (unpaired) electrons. The maximum atomic E-state index is 15.2. The highest BCUT2D eigenvalue weighted by atomic mass is 31.2. The van der Waals surface area contributed by atoms with Crippen molar-refractivity contribution >= 4 is 13.3 Å². The van der Waals surface area contributed by atoms with Gasteiger partial charge in [-0.2, -0.15) is 0 Å². The number of methoxy groups -OCH3 is 1. The van der Waals surface area contributed by atoms with Gasteiger partial charge in [0.25, 0.3) is 0 Å². The van der Waals surface area contributed by atoms with Crippen molar-refractivity contribution in [1.29, 1.82) is 0 Å². The fourth-order valence-electron chi connectivity index (χ4n) is 5.93. The number of aryl methyl sites for hydroxylation is 1. The van der Waals surface area contributed by atoms with Crippen LogP contribution in [0.15, 0.2) is 48.7 Å². The number of carbonyl (C=O) groups excluding carboxylic acids is 1. The predicted octanol–water partition coefficient (Wildman–Crippen LogP) is 8.48. The molecule has 1 fully saturated rings. The molecule has 1 aromatic heterocycles. The van der Waals surface area contributed by atoms with Gasteiger partial charge < -0.3 is 14.0 Å². The quantitative estimate of drug-likeness (QED) is 0.101. The Morgan fingerprint density at radius 3 is 2.41 bits per heavy atom. The zero-order valence-electron chi connectivity index (χ0n) is 27.2. The molecule has 0 saturated heterocycles. The van der Waals surface area contributed by atoms with Crippen molar-refractivity contribution in [3.05, 3.63) is 76.7 Å². The van der Waals surface area contributed by atoms with Crippen LogP contribution in [0.3, 0.4) is 0 Å². The number of esters is 1. The van der Waals surface area contributed by atoms with Crippen LogP contribution in [0, 0.1) is 18.7 Å². The lowest BCUT2D eigenvalue weighted by atomic mass is 9.93. The molecule has 2 aromatic carbocycles. The third-order valence-electron chi connectivity index (χ3n) is 8.30. The molecule has 238 valence electrons. The van der Waals surface area contributed by atoms with Crippen LogP contribution in [0.1, 0.15) is 80.4 Å². The first-order chi connectivity index (χ1) is 20.8. The second-order valence-corrected chi connectivity index (χ2v) is 15.1. The number of benzene rings is 2. The van der Waals surface area contributed by atoms with E-state index in [1.165, 1.54) is 7.11 Å². The van der Waals surface area contributed by atoms with Crippen LogP contribution in [-0.2, 0) is 15.6 Å². The highest BCUT2D eigenvalue weighted by Crippen LogP contribution is 2.53. The molecular formula is C35H46FN2O5P. The summed E-state index contributed by atoms with van der Waals surface area (Å²) in [5.41, 5.74) is 3.92. The Morgan fingerprint density at radius 1 is 1.09 bits per heavy atom. The number of ether oxygens (including phenoxy) is 2. The van der Waals surface area contributed by atoms with Gasteiger partial charge in [-0.05, 0) is 107 Å². The van der Waals surface area contributed by atoms with Crippen LogP contribution in [0.5, 0.6) is 11.6 Å². The number of halogens is 1. The van der Waals surface area contributed by atoms with Gasteiger partial charge in [0.05, 0.1) is 25.5 Å². The lowest BCUT2D eigenvalue weighted by molar-refractivity contribution is 0.0733. The average molecular weight is 625 g/mol. The molecule has 2 atom stereocenters. The van der Waals surface area contributed by atoms with E-state index in [0.29, 0.717) is 59.1 Å². The molecule has 1 aliphatic rings. The first-order valence-electron chi connectivity index (χ1n) is 15.5. The molecule has 7 nitrogen and oxygen atoms in total. The van der Waals surface area contributed by atoms with Crippen LogP contribution < -0.4 is 9.47 Å². The van der Waals surface area contributed by atoms with Crippen molar-refractivity contribution in [2.45, 2.75) is 78.9 Å². The Bertz CT molecular complexity index is 1510. The molecule has 1 heterocycles. The molecule has 0 aliphatic heterocycles. The molecule has 3 aromatic rings. The molecule has 1 saturated carbocycles. The van der Waals surface area contributed by atoms with Crippen molar-refractivity contribution in [3.8, 4) is 22.8 Å². The Hall–Kier alpha value is -3.06. The van der Waals surface area contributed by atoms with E-state index in [0.717, 1.165) is 30.2 Å². The topological polar surface area (TPSA) is 78.0 Å². The summed E-state index contributed by atoms with van der Waals surface area (Å²) < 4.78 is 45.0. The number of carbonyl (C=O) groups is 1. The predicted molar refractivity (Wildman–Crippen MR) is 174 cm³/mol. The van der Waals surface area contributed by atoms with Crippen molar-refractivity contribution in [1.82, 2.24) is 9.88 Å². The number of hydrogen-bond acceptors (Lipinski definition) is 7. The molecule has 4 rings (SSSR count). The SMILES string of the molecule is CCOP(C)(=O)CC(c1cccc(OC(=O)c2cc(CN(C(C)C)C(C)C)c(-c3cc(OC)ncc3F)cc2C)c1)C1CC1. The van der Waals surface area contributed by atoms with Gasteiger partial charge in [-0.15, -0.1) is 0 Å². The third-order valence-corrected chi connectivity index (χ3v) is 10.2. The van der Waals surface area contributed by atoms with Gasteiger partial charge >= 0.3 is 5.97 Å². The maximum absolute atomic E-state index is 15.2. The summed E-state index contributed by atoms with van der Waals surface area (Å²) >= 11 is 0. The number of pyridine rings is 1. The van der Waals surface area contributed by atoms with Gasteiger partial charge in [0, 0.05) is 43.1 Å². The van der Waals surface area contributed by atoms with E-state index in [-0.39, 0.29) is 18.0 Å². The van der Waals surface area contributed by atoms with E-state index in [2.05, 4.69) is 37.6 Å². The fourth-order valence-corrected chi connectivity index (χ4v) is 7.80. The lowest BCUT2D eigenvalue weighted by Gasteiger charge is -2.31.